The fraction of sp³-hybridized carbons (Fsp3) is 0. The van der Waals surface area contributed by atoms with Crippen molar-refractivity contribution in [1.29, 1.82) is 0 Å². The third kappa shape index (κ3) is 2.80. The zero-order chi connectivity index (χ0) is 13.3. The molecule has 1 aromatic carbocycles. The van der Waals surface area contributed by atoms with Crippen LogP contribution >= 0.6 is 23.2 Å². The number of halogens is 4. The third-order valence-corrected chi connectivity index (χ3v) is 2.52. The van der Waals surface area contributed by atoms with Crippen molar-refractivity contribution in [2.45, 2.75) is 0 Å². The van der Waals surface area contributed by atoms with E-state index >= 15 is 0 Å². The van der Waals surface area contributed by atoms with Gasteiger partial charge < -0.3 is 11.1 Å². The van der Waals surface area contributed by atoms with E-state index in [0.717, 1.165) is 0 Å². The van der Waals surface area contributed by atoms with Crippen LogP contribution in [0.25, 0.3) is 0 Å². The Morgan fingerprint density at radius 3 is 2.22 bits per heavy atom. The van der Waals surface area contributed by atoms with Crippen molar-refractivity contribution in [3.05, 3.63) is 45.9 Å². The van der Waals surface area contributed by atoms with Crippen LogP contribution in [-0.2, 0) is 0 Å². The Bertz CT molecular complexity index is 585. The van der Waals surface area contributed by atoms with Crippen molar-refractivity contribution >= 4 is 40.5 Å². The van der Waals surface area contributed by atoms with Crippen LogP contribution in [0.2, 0.25) is 10.0 Å². The van der Waals surface area contributed by atoms with Crippen molar-refractivity contribution in [3.63, 3.8) is 0 Å². The smallest absolute Gasteiger partial charge is 0.169 e. The molecule has 0 aliphatic rings. The molecule has 3 N–H and O–H groups in total. The fourth-order valence-electron chi connectivity index (χ4n) is 1.33. The minimum Gasteiger partial charge on any atom is -0.381 e. The predicted octanol–water partition coefficient (Wildman–Crippen LogP) is 3.99. The maximum atomic E-state index is 13.4. The molecule has 0 saturated heterocycles. The molecule has 18 heavy (non-hydrogen) atoms. The lowest BCUT2D eigenvalue weighted by Gasteiger charge is -2.08. The maximum Gasteiger partial charge on any atom is 0.169 e. The first-order chi connectivity index (χ1) is 8.45. The zero-order valence-corrected chi connectivity index (χ0v) is 10.4. The van der Waals surface area contributed by atoms with Gasteiger partial charge in [0.15, 0.2) is 23.3 Å². The molecule has 0 bridgehead atoms. The molecule has 0 aliphatic heterocycles. The Labute approximate surface area is 112 Å². The van der Waals surface area contributed by atoms with Gasteiger partial charge in [-0.2, -0.15) is 0 Å². The van der Waals surface area contributed by atoms with E-state index in [4.69, 9.17) is 28.9 Å². The van der Waals surface area contributed by atoms with E-state index in [1.807, 2.05) is 0 Å². The Balaban J connectivity index is 2.36. The van der Waals surface area contributed by atoms with E-state index < -0.39 is 17.5 Å². The summed E-state index contributed by atoms with van der Waals surface area (Å²) in [5.41, 5.74) is 5.68. The highest BCUT2D eigenvalue weighted by molar-refractivity contribution is 6.35. The molecule has 3 nitrogen and oxygen atoms in total. The summed E-state index contributed by atoms with van der Waals surface area (Å²) in [6, 6.07) is 5.22. The number of nitrogens with one attached hydrogen (secondary N) is 1. The molecule has 2 rings (SSSR count). The molecule has 7 heteroatoms. The summed E-state index contributed by atoms with van der Waals surface area (Å²) in [4.78, 5) is 3.56. The second-order valence-corrected chi connectivity index (χ2v) is 4.34. The molecule has 0 radical (unpaired) electrons. The average Bonchev–Trinajstić information content (AvgIpc) is 2.24. The van der Waals surface area contributed by atoms with Gasteiger partial charge in [-0.15, -0.1) is 0 Å². The first-order valence-corrected chi connectivity index (χ1v) is 5.56. The first kappa shape index (κ1) is 12.9. The van der Waals surface area contributed by atoms with Gasteiger partial charge in [0.1, 0.15) is 0 Å². The lowest BCUT2D eigenvalue weighted by Crippen LogP contribution is -2.03. The van der Waals surface area contributed by atoms with Gasteiger partial charge in [-0.25, -0.2) is 13.8 Å². The number of nitrogens with zero attached hydrogens (tertiary/aromatic N) is 1. The van der Waals surface area contributed by atoms with Gasteiger partial charge in [0.25, 0.3) is 0 Å². The summed E-state index contributed by atoms with van der Waals surface area (Å²) in [5, 5.41) is 3.37. The number of nitrogen functional groups attached to an aromatic ring is 1. The number of benzene rings is 1. The number of hydrogen-bond donors (Lipinski definition) is 2. The molecule has 0 fully saturated rings. The molecule has 0 aliphatic carbocycles. The summed E-state index contributed by atoms with van der Waals surface area (Å²) in [5.74, 6) is -2.38. The van der Waals surface area contributed by atoms with Crippen LogP contribution in [0.15, 0.2) is 24.3 Å². The zero-order valence-electron chi connectivity index (χ0n) is 8.85. The van der Waals surface area contributed by atoms with Crippen LogP contribution in [0.5, 0.6) is 0 Å². The van der Waals surface area contributed by atoms with Crippen LogP contribution in [0.4, 0.5) is 26.1 Å². The maximum absolute atomic E-state index is 13.4. The number of hydrogen-bond acceptors (Lipinski definition) is 3. The molecule has 1 heterocycles. The minimum atomic E-state index is -0.915. The first-order valence-electron chi connectivity index (χ1n) is 4.80. The van der Waals surface area contributed by atoms with Crippen LogP contribution < -0.4 is 11.1 Å². The van der Waals surface area contributed by atoms with Gasteiger partial charge in [0, 0.05) is 21.8 Å². The van der Waals surface area contributed by atoms with Gasteiger partial charge >= 0.3 is 0 Å². The lowest BCUT2D eigenvalue weighted by atomic mass is 10.3. The van der Waals surface area contributed by atoms with Crippen molar-refractivity contribution < 1.29 is 8.78 Å². The molecule has 0 spiro atoms. The van der Waals surface area contributed by atoms with Gasteiger partial charge in [-0.05, 0) is 18.2 Å². The van der Waals surface area contributed by atoms with Crippen molar-refractivity contribution in [3.8, 4) is 0 Å². The molecular formula is C11H7Cl2F2N3. The summed E-state index contributed by atoms with van der Waals surface area (Å²) in [6.45, 7) is 0. The van der Waals surface area contributed by atoms with Crippen molar-refractivity contribution in [1.82, 2.24) is 4.98 Å². The highest BCUT2D eigenvalue weighted by Crippen LogP contribution is 2.26. The van der Waals surface area contributed by atoms with E-state index in [2.05, 4.69) is 10.3 Å². The summed E-state index contributed by atoms with van der Waals surface area (Å²) in [7, 11) is 0. The summed E-state index contributed by atoms with van der Waals surface area (Å²) < 4.78 is 26.4. The van der Waals surface area contributed by atoms with Gasteiger partial charge in [0.05, 0.1) is 0 Å². The number of anilines is 3. The Morgan fingerprint density at radius 1 is 1.00 bits per heavy atom. The number of rotatable bonds is 2. The topological polar surface area (TPSA) is 50.9 Å². The Morgan fingerprint density at radius 2 is 1.61 bits per heavy atom. The average molecular weight is 290 g/mol. The third-order valence-electron chi connectivity index (χ3n) is 2.08. The SMILES string of the molecule is Nc1nc(Nc2cc(Cl)cc(Cl)c2)c(F)cc1F. The van der Waals surface area contributed by atoms with Gasteiger partial charge in [-0.3, -0.25) is 0 Å². The van der Waals surface area contributed by atoms with Crippen molar-refractivity contribution in [2.24, 2.45) is 0 Å². The van der Waals surface area contributed by atoms with Crippen LogP contribution in [0.3, 0.4) is 0 Å². The molecule has 0 atom stereocenters. The number of pyridine rings is 1. The van der Waals surface area contributed by atoms with E-state index in [1.165, 1.54) is 18.2 Å². The highest BCUT2D eigenvalue weighted by atomic mass is 35.5. The second-order valence-electron chi connectivity index (χ2n) is 3.47. The molecular weight excluding hydrogens is 283 g/mol. The lowest BCUT2D eigenvalue weighted by molar-refractivity contribution is 0.581. The molecule has 1 aromatic heterocycles. The van der Waals surface area contributed by atoms with E-state index in [-0.39, 0.29) is 5.82 Å². The second kappa shape index (κ2) is 4.96. The molecule has 0 amide bonds. The monoisotopic (exact) mass is 289 g/mol. The molecule has 0 saturated carbocycles. The molecule has 0 unspecified atom stereocenters. The standard InChI is InChI=1S/C11H7Cl2F2N3/c12-5-1-6(13)3-7(2-5)17-11-9(15)4-8(14)10(16)18-11/h1-4H,(H3,16,17,18). The normalized spacial score (nSPS) is 10.4. The quantitative estimate of drug-likeness (QED) is 0.879. The number of aromatic nitrogens is 1. The largest absolute Gasteiger partial charge is 0.381 e. The summed E-state index contributed by atoms with van der Waals surface area (Å²) in [6.07, 6.45) is 0. The Hall–Kier alpha value is -1.59. The van der Waals surface area contributed by atoms with Crippen molar-refractivity contribution in [2.75, 3.05) is 11.1 Å². The van der Waals surface area contributed by atoms with Crippen LogP contribution in [-0.4, -0.2) is 4.98 Å². The van der Waals surface area contributed by atoms with Crippen LogP contribution in [0, 0.1) is 11.6 Å². The van der Waals surface area contributed by atoms with Crippen LogP contribution in [0.1, 0.15) is 0 Å². The molecule has 94 valence electrons. The van der Waals surface area contributed by atoms with E-state index in [9.17, 15) is 8.78 Å². The van der Waals surface area contributed by atoms with E-state index in [1.54, 1.807) is 0 Å². The fourth-order valence-corrected chi connectivity index (χ4v) is 1.86. The van der Waals surface area contributed by atoms with Gasteiger partial charge in [-0.1, -0.05) is 23.2 Å². The highest BCUT2D eigenvalue weighted by Gasteiger charge is 2.10. The molecule has 2 aromatic rings. The predicted molar refractivity (Wildman–Crippen MR) is 68.3 cm³/mol. The van der Waals surface area contributed by atoms with E-state index in [0.29, 0.717) is 21.8 Å². The minimum absolute atomic E-state index is 0.202. The summed E-state index contributed by atoms with van der Waals surface area (Å²) >= 11 is 11.6. The van der Waals surface area contributed by atoms with Gasteiger partial charge in [0.2, 0.25) is 0 Å². The Kier molecular flexibility index (Phi) is 3.54. The number of nitrogens with two attached hydrogens (primary N) is 1.